The van der Waals surface area contributed by atoms with E-state index in [0.29, 0.717) is 48.0 Å². The number of hydrogen-bond donors (Lipinski definition) is 3. The van der Waals surface area contributed by atoms with E-state index in [0.717, 1.165) is 19.3 Å². The molecule has 2 aromatic rings. The Bertz CT molecular complexity index is 1170. The number of anilines is 2. The summed E-state index contributed by atoms with van der Waals surface area (Å²) in [5, 5.41) is 8.38. The van der Waals surface area contributed by atoms with Gasteiger partial charge >= 0.3 is 6.03 Å². The number of likely N-dealkylation sites (N-methyl/N-ethyl adjacent to an activating group) is 1. The number of nitrogens with one attached hydrogen (secondary N) is 3. The number of halogens is 1. The molecule has 1 saturated carbocycles. The first-order valence-corrected chi connectivity index (χ1v) is 12.7. The number of carbonyl (C=O) groups is 3. The molecule has 0 aromatic heterocycles. The first-order valence-electron chi connectivity index (χ1n) is 12.7. The number of ether oxygens (including phenoxy) is 2. The van der Waals surface area contributed by atoms with Crippen molar-refractivity contribution >= 4 is 29.2 Å². The number of benzene rings is 2. The highest BCUT2D eigenvalue weighted by Gasteiger charge is 2.39. The molecule has 9 nitrogen and oxygen atoms in total. The molecule has 2 aliphatic heterocycles. The number of urea groups is 1. The fourth-order valence-corrected chi connectivity index (χ4v) is 4.98. The third kappa shape index (κ3) is 5.85. The summed E-state index contributed by atoms with van der Waals surface area (Å²) in [6, 6.07) is 9.86. The summed E-state index contributed by atoms with van der Waals surface area (Å²) < 4.78 is 25.3. The minimum absolute atomic E-state index is 0.0122. The lowest BCUT2D eigenvalue weighted by atomic mass is 9.92. The van der Waals surface area contributed by atoms with Gasteiger partial charge in [-0.25, -0.2) is 9.18 Å². The van der Waals surface area contributed by atoms with Crippen LogP contribution in [0, 0.1) is 5.82 Å². The second kappa shape index (κ2) is 10.8. The van der Waals surface area contributed by atoms with Gasteiger partial charge < -0.3 is 30.3 Å². The summed E-state index contributed by atoms with van der Waals surface area (Å²) in [6.45, 7) is 0.244. The Morgan fingerprint density at radius 3 is 2.49 bits per heavy atom. The Labute approximate surface area is 214 Å². The number of fused-ring (bicyclic) bond motifs is 2. The van der Waals surface area contributed by atoms with Gasteiger partial charge in [-0.1, -0.05) is 0 Å². The van der Waals surface area contributed by atoms with Crippen LogP contribution < -0.4 is 20.7 Å². The van der Waals surface area contributed by atoms with Crippen LogP contribution in [0.25, 0.3) is 0 Å². The highest BCUT2D eigenvalue weighted by Crippen LogP contribution is 2.32. The number of hydrogen-bond acceptors (Lipinski definition) is 5. The zero-order valence-electron chi connectivity index (χ0n) is 20.7. The van der Waals surface area contributed by atoms with Crippen molar-refractivity contribution in [3.05, 3.63) is 53.8 Å². The van der Waals surface area contributed by atoms with Crippen molar-refractivity contribution in [1.82, 2.24) is 10.2 Å². The van der Waals surface area contributed by atoms with Crippen LogP contribution in [0.5, 0.6) is 5.75 Å². The molecule has 10 heteroatoms. The molecule has 2 aromatic carbocycles. The van der Waals surface area contributed by atoms with Gasteiger partial charge in [0.2, 0.25) is 5.91 Å². The van der Waals surface area contributed by atoms with Crippen molar-refractivity contribution in [2.24, 2.45) is 0 Å². The zero-order valence-corrected chi connectivity index (χ0v) is 20.7. The summed E-state index contributed by atoms with van der Waals surface area (Å²) in [7, 11) is 1.74. The van der Waals surface area contributed by atoms with E-state index in [1.54, 1.807) is 30.1 Å². The molecule has 0 bridgehead atoms. The molecule has 3 atom stereocenters. The molecular formula is C27H31FN4O5. The molecule has 2 heterocycles. The summed E-state index contributed by atoms with van der Waals surface area (Å²) in [6.07, 6.45) is 4.36. The number of rotatable bonds is 5. The lowest BCUT2D eigenvalue weighted by molar-refractivity contribution is -0.135. The molecule has 3 aliphatic rings. The summed E-state index contributed by atoms with van der Waals surface area (Å²) in [4.78, 5) is 39.8. The van der Waals surface area contributed by atoms with Crippen LogP contribution in [-0.4, -0.2) is 60.7 Å². The van der Waals surface area contributed by atoms with E-state index in [1.165, 1.54) is 24.3 Å². The molecule has 0 spiro atoms. The molecule has 37 heavy (non-hydrogen) atoms. The van der Waals surface area contributed by atoms with Crippen LogP contribution in [0.15, 0.2) is 42.5 Å². The molecular weight excluding hydrogens is 479 g/mol. The normalized spacial score (nSPS) is 23.4. The van der Waals surface area contributed by atoms with Gasteiger partial charge in [0, 0.05) is 24.5 Å². The highest BCUT2D eigenvalue weighted by molar-refractivity contribution is 6.02. The number of carbonyl (C=O) groups excluding carboxylic acids is 3. The first-order chi connectivity index (χ1) is 17.9. The SMILES string of the molecule is CN1C(=O)c2cc(NC(=O)Nc3ccc(F)cc3)ccc2OC[C@H]2O[C@H](CC(=O)NC3CCC3)CC[C@@H]21. The minimum atomic E-state index is -0.521. The van der Waals surface area contributed by atoms with Gasteiger partial charge in [-0.05, 0) is 74.6 Å². The summed E-state index contributed by atoms with van der Waals surface area (Å²) in [5.74, 6) is -0.227. The van der Waals surface area contributed by atoms with E-state index in [1.807, 2.05) is 0 Å². The van der Waals surface area contributed by atoms with Crippen LogP contribution in [0.4, 0.5) is 20.6 Å². The molecule has 0 unspecified atom stereocenters. The topological polar surface area (TPSA) is 109 Å². The zero-order chi connectivity index (χ0) is 25.9. The third-order valence-electron chi connectivity index (χ3n) is 7.26. The predicted octanol–water partition coefficient (Wildman–Crippen LogP) is 3.91. The Kier molecular flexibility index (Phi) is 7.27. The second-order valence-electron chi connectivity index (χ2n) is 9.86. The lowest BCUT2D eigenvalue weighted by Crippen LogP contribution is -2.54. The molecule has 2 fully saturated rings. The van der Waals surface area contributed by atoms with Gasteiger partial charge in [0.15, 0.2) is 0 Å². The van der Waals surface area contributed by atoms with Gasteiger partial charge in [0.1, 0.15) is 24.3 Å². The van der Waals surface area contributed by atoms with Crippen molar-refractivity contribution in [1.29, 1.82) is 0 Å². The van der Waals surface area contributed by atoms with Crippen molar-refractivity contribution in [3.63, 3.8) is 0 Å². The quantitative estimate of drug-likeness (QED) is 0.565. The Morgan fingerprint density at radius 1 is 1.03 bits per heavy atom. The van der Waals surface area contributed by atoms with Crippen LogP contribution in [0.3, 0.4) is 0 Å². The second-order valence-corrected chi connectivity index (χ2v) is 9.86. The highest BCUT2D eigenvalue weighted by atomic mass is 19.1. The van der Waals surface area contributed by atoms with Gasteiger partial charge in [-0.2, -0.15) is 0 Å². The van der Waals surface area contributed by atoms with Crippen LogP contribution in [0.1, 0.15) is 48.9 Å². The first kappa shape index (κ1) is 25.0. The van der Waals surface area contributed by atoms with Crippen LogP contribution in [0.2, 0.25) is 0 Å². The van der Waals surface area contributed by atoms with E-state index >= 15 is 0 Å². The molecule has 196 valence electrons. The number of nitrogens with zero attached hydrogens (tertiary/aromatic N) is 1. The molecule has 1 saturated heterocycles. The molecule has 1 aliphatic carbocycles. The fourth-order valence-electron chi connectivity index (χ4n) is 4.98. The van der Waals surface area contributed by atoms with E-state index in [9.17, 15) is 18.8 Å². The Hall–Kier alpha value is -3.66. The van der Waals surface area contributed by atoms with Crippen molar-refractivity contribution < 1.29 is 28.2 Å². The maximum atomic E-state index is 13.4. The predicted molar refractivity (Wildman–Crippen MR) is 135 cm³/mol. The van der Waals surface area contributed by atoms with Crippen molar-refractivity contribution in [3.8, 4) is 5.75 Å². The molecule has 5 rings (SSSR count). The largest absolute Gasteiger partial charge is 0.490 e. The van der Waals surface area contributed by atoms with E-state index in [4.69, 9.17) is 9.47 Å². The monoisotopic (exact) mass is 510 g/mol. The van der Waals surface area contributed by atoms with Crippen LogP contribution in [-0.2, 0) is 9.53 Å². The molecule has 0 radical (unpaired) electrons. The fraction of sp³-hybridized carbons (Fsp3) is 0.444. The van der Waals surface area contributed by atoms with E-state index in [-0.39, 0.29) is 36.7 Å². The van der Waals surface area contributed by atoms with E-state index in [2.05, 4.69) is 16.0 Å². The van der Waals surface area contributed by atoms with Crippen molar-refractivity contribution in [2.75, 3.05) is 24.3 Å². The molecule has 3 N–H and O–H groups in total. The average molecular weight is 511 g/mol. The van der Waals surface area contributed by atoms with Gasteiger partial charge in [-0.15, -0.1) is 0 Å². The summed E-state index contributed by atoms with van der Waals surface area (Å²) >= 11 is 0. The van der Waals surface area contributed by atoms with Gasteiger partial charge in [-0.3, -0.25) is 9.59 Å². The number of amides is 4. The smallest absolute Gasteiger partial charge is 0.323 e. The Morgan fingerprint density at radius 2 is 1.76 bits per heavy atom. The van der Waals surface area contributed by atoms with Gasteiger partial charge in [0.25, 0.3) is 5.91 Å². The lowest BCUT2D eigenvalue weighted by Gasteiger charge is -2.42. The van der Waals surface area contributed by atoms with Crippen molar-refractivity contribution in [2.45, 2.75) is 62.8 Å². The average Bonchev–Trinajstić information content (AvgIpc) is 2.85. The summed E-state index contributed by atoms with van der Waals surface area (Å²) in [5.41, 5.74) is 1.19. The maximum absolute atomic E-state index is 13.4. The standard InChI is InChI=1S/C27H31FN4O5/c1-32-22-11-10-20(14-25(33)29-17-3-2-4-17)37-24(22)15-36-23-12-9-19(13-21(23)26(32)34)31-27(35)30-18-7-5-16(28)6-8-18/h5-9,12-13,17,20,22,24H,2-4,10-11,14-15H2,1H3,(H,29,33)(H2,30,31,35)/t20-,22-,24+/m0/s1. The van der Waals surface area contributed by atoms with Gasteiger partial charge in [0.05, 0.1) is 24.1 Å². The Balaban J connectivity index is 1.23. The van der Waals surface area contributed by atoms with E-state index < -0.39 is 11.8 Å². The minimum Gasteiger partial charge on any atom is -0.490 e. The third-order valence-corrected chi connectivity index (χ3v) is 7.26. The van der Waals surface area contributed by atoms with Crippen LogP contribution >= 0.6 is 0 Å². The maximum Gasteiger partial charge on any atom is 0.323 e. The molecule has 4 amide bonds.